The summed E-state index contributed by atoms with van der Waals surface area (Å²) in [5.41, 5.74) is 1.48. The smallest absolute Gasteiger partial charge is 0.270 e. The topological polar surface area (TPSA) is 58.1 Å². The Bertz CT molecular complexity index is 714. The molecule has 2 aromatic rings. The molecule has 0 saturated carbocycles. The maximum absolute atomic E-state index is 13.7. The Labute approximate surface area is 148 Å². The lowest BCUT2D eigenvalue weighted by molar-refractivity contribution is 0.0945. The molecule has 0 aliphatic heterocycles. The van der Waals surface area contributed by atoms with Gasteiger partial charge in [0.05, 0.1) is 0 Å². The molecule has 1 N–H and O–H groups in total. The van der Waals surface area contributed by atoms with Gasteiger partial charge in [-0.15, -0.1) is 0 Å². The number of carbonyl (C=O) groups excluding carboxylic acids is 1. The Hall–Kier alpha value is -2.50. The number of amides is 1. The van der Waals surface area contributed by atoms with Gasteiger partial charge in [0.1, 0.15) is 11.5 Å². The largest absolute Gasteiger partial charge is 0.347 e. The van der Waals surface area contributed by atoms with E-state index in [9.17, 15) is 9.18 Å². The van der Waals surface area contributed by atoms with Crippen molar-refractivity contribution in [1.82, 2.24) is 15.3 Å². The summed E-state index contributed by atoms with van der Waals surface area (Å²) in [5, 5.41) is 2.73. The van der Waals surface area contributed by atoms with Gasteiger partial charge in [-0.3, -0.25) is 4.79 Å². The molecule has 0 aliphatic carbocycles. The summed E-state index contributed by atoms with van der Waals surface area (Å²) >= 11 is 0. The number of hydrogen-bond donors (Lipinski definition) is 1. The summed E-state index contributed by atoms with van der Waals surface area (Å²) in [7, 11) is 0. The first kappa shape index (κ1) is 18.8. The number of nitrogens with zero attached hydrogens (tertiary/aromatic N) is 3. The molecule has 5 nitrogen and oxygen atoms in total. The van der Waals surface area contributed by atoms with Crippen LogP contribution in [0.2, 0.25) is 0 Å². The van der Waals surface area contributed by atoms with Gasteiger partial charge in [-0.2, -0.15) is 0 Å². The van der Waals surface area contributed by atoms with E-state index in [4.69, 9.17) is 0 Å². The van der Waals surface area contributed by atoms with Crippen molar-refractivity contribution in [3.05, 3.63) is 53.1 Å². The van der Waals surface area contributed by atoms with E-state index < -0.39 is 0 Å². The van der Waals surface area contributed by atoms with Crippen LogP contribution in [0.4, 0.5) is 10.3 Å². The number of benzene rings is 1. The van der Waals surface area contributed by atoms with Crippen LogP contribution in [0, 0.1) is 12.7 Å². The third-order valence-electron chi connectivity index (χ3n) is 3.74. The van der Waals surface area contributed by atoms with E-state index in [1.54, 1.807) is 24.3 Å². The van der Waals surface area contributed by atoms with E-state index in [1.165, 1.54) is 6.07 Å². The minimum Gasteiger partial charge on any atom is -0.347 e. The zero-order chi connectivity index (χ0) is 18.2. The maximum atomic E-state index is 13.7. The molecular formula is C19H25FN4O. The van der Waals surface area contributed by atoms with E-state index in [-0.39, 0.29) is 18.3 Å². The molecule has 1 aromatic heterocycles. The molecule has 1 aromatic carbocycles. The minimum absolute atomic E-state index is 0.123. The second-order valence-electron chi connectivity index (χ2n) is 5.96. The minimum atomic E-state index is -0.334. The van der Waals surface area contributed by atoms with Crippen LogP contribution in [-0.2, 0) is 6.54 Å². The van der Waals surface area contributed by atoms with Crippen molar-refractivity contribution in [2.24, 2.45) is 0 Å². The standard InChI is InChI=1S/C19H25FN4O/c1-4-10-24(11-5-2)19-22-14(3)12-17(23-19)18(25)21-13-15-8-6-7-9-16(15)20/h6-9,12H,4-5,10-11,13H2,1-3H3,(H,21,25). The van der Waals surface area contributed by atoms with Gasteiger partial charge in [-0.25, -0.2) is 14.4 Å². The number of nitrogens with one attached hydrogen (secondary N) is 1. The molecule has 1 heterocycles. The molecule has 1 amide bonds. The lowest BCUT2D eigenvalue weighted by atomic mass is 10.2. The highest BCUT2D eigenvalue weighted by Crippen LogP contribution is 2.12. The molecule has 2 rings (SSSR count). The number of halogens is 1. The summed E-state index contributed by atoms with van der Waals surface area (Å²) in [6, 6.07) is 8.04. The molecule has 0 saturated heterocycles. The highest BCUT2D eigenvalue weighted by Gasteiger charge is 2.14. The van der Waals surface area contributed by atoms with E-state index in [1.807, 2.05) is 6.92 Å². The number of aromatic nitrogens is 2. The number of carbonyl (C=O) groups is 1. The van der Waals surface area contributed by atoms with Crippen LogP contribution >= 0.6 is 0 Å². The lowest BCUT2D eigenvalue weighted by Crippen LogP contribution is -2.29. The molecule has 0 spiro atoms. The quantitative estimate of drug-likeness (QED) is 0.796. The highest BCUT2D eigenvalue weighted by molar-refractivity contribution is 5.92. The molecule has 0 bridgehead atoms. The van der Waals surface area contributed by atoms with E-state index >= 15 is 0 Å². The van der Waals surface area contributed by atoms with Crippen molar-refractivity contribution in [3.8, 4) is 0 Å². The summed E-state index contributed by atoms with van der Waals surface area (Å²) in [5.74, 6) is -0.0953. The third-order valence-corrected chi connectivity index (χ3v) is 3.74. The van der Waals surface area contributed by atoms with Gasteiger partial charge in [0, 0.05) is 30.9 Å². The number of rotatable bonds is 8. The summed E-state index contributed by atoms with van der Waals surface area (Å²) in [4.78, 5) is 23.4. The van der Waals surface area contributed by atoms with Gasteiger partial charge in [-0.05, 0) is 31.9 Å². The maximum Gasteiger partial charge on any atom is 0.270 e. The van der Waals surface area contributed by atoms with Crippen LogP contribution in [-0.4, -0.2) is 29.0 Å². The van der Waals surface area contributed by atoms with Crippen LogP contribution in [0.3, 0.4) is 0 Å². The van der Waals surface area contributed by atoms with Gasteiger partial charge in [0.2, 0.25) is 5.95 Å². The van der Waals surface area contributed by atoms with Crippen molar-refractivity contribution in [3.63, 3.8) is 0 Å². The molecule has 0 aliphatic rings. The van der Waals surface area contributed by atoms with E-state index in [2.05, 4.69) is 34.0 Å². The Morgan fingerprint density at radius 1 is 1.16 bits per heavy atom. The molecule has 0 unspecified atom stereocenters. The number of hydrogen-bond acceptors (Lipinski definition) is 4. The van der Waals surface area contributed by atoms with Crippen molar-refractivity contribution < 1.29 is 9.18 Å². The molecule has 0 fully saturated rings. The fourth-order valence-corrected chi connectivity index (χ4v) is 2.57. The number of anilines is 1. The van der Waals surface area contributed by atoms with Crippen molar-refractivity contribution >= 4 is 11.9 Å². The van der Waals surface area contributed by atoms with E-state index in [0.29, 0.717) is 17.2 Å². The predicted molar refractivity (Wildman–Crippen MR) is 97.1 cm³/mol. The lowest BCUT2D eigenvalue weighted by Gasteiger charge is -2.22. The fourth-order valence-electron chi connectivity index (χ4n) is 2.57. The van der Waals surface area contributed by atoms with Crippen LogP contribution < -0.4 is 10.2 Å². The zero-order valence-corrected chi connectivity index (χ0v) is 15.1. The van der Waals surface area contributed by atoms with Crippen molar-refractivity contribution in [1.29, 1.82) is 0 Å². The summed E-state index contributed by atoms with van der Waals surface area (Å²) < 4.78 is 13.7. The first-order valence-corrected chi connectivity index (χ1v) is 8.67. The highest BCUT2D eigenvalue weighted by atomic mass is 19.1. The normalized spacial score (nSPS) is 10.6. The average molecular weight is 344 g/mol. The van der Waals surface area contributed by atoms with Crippen molar-refractivity contribution in [2.45, 2.75) is 40.2 Å². The Morgan fingerprint density at radius 2 is 1.84 bits per heavy atom. The second kappa shape index (κ2) is 9.11. The van der Waals surface area contributed by atoms with Gasteiger partial charge in [0.25, 0.3) is 5.91 Å². The monoisotopic (exact) mass is 344 g/mol. The molecule has 0 radical (unpaired) electrons. The van der Waals surface area contributed by atoms with Crippen LogP contribution in [0.15, 0.2) is 30.3 Å². The van der Waals surface area contributed by atoms with Crippen LogP contribution in [0.1, 0.15) is 48.4 Å². The first-order valence-electron chi connectivity index (χ1n) is 8.67. The number of aryl methyl sites for hydroxylation is 1. The molecule has 25 heavy (non-hydrogen) atoms. The molecule has 134 valence electrons. The van der Waals surface area contributed by atoms with Crippen molar-refractivity contribution in [2.75, 3.05) is 18.0 Å². The van der Waals surface area contributed by atoms with Crippen LogP contribution in [0.25, 0.3) is 0 Å². The zero-order valence-electron chi connectivity index (χ0n) is 15.1. The SMILES string of the molecule is CCCN(CCC)c1nc(C)cc(C(=O)NCc2ccccc2F)n1. The molecular weight excluding hydrogens is 319 g/mol. The Kier molecular flexibility index (Phi) is 6.86. The predicted octanol–water partition coefficient (Wildman–Crippen LogP) is 3.48. The van der Waals surface area contributed by atoms with Gasteiger partial charge < -0.3 is 10.2 Å². The molecule has 0 atom stereocenters. The second-order valence-corrected chi connectivity index (χ2v) is 5.96. The van der Waals surface area contributed by atoms with Crippen LogP contribution in [0.5, 0.6) is 0 Å². The first-order chi connectivity index (χ1) is 12.0. The Morgan fingerprint density at radius 3 is 2.48 bits per heavy atom. The summed E-state index contributed by atoms with van der Waals surface area (Å²) in [6.45, 7) is 7.84. The van der Waals surface area contributed by atoms with Gasteiger partial charge >= 0.3 is 0 Å². The average Bonchev–Trinajstić information content (AvgIpc) is 2.60. The summed E-state index contributed by atoms with van der Waals surface area (Å²) in [6.07, 6.45) is 1.96. The third kappa shape index (κ3) is 5.24. The van der Waals surface area contributed by atoms with Gasteiger partial charge in [-0.1, -0.05) is 32.0 Å². The fraction of sp³-hybridized carbons (Fsp3) is 0.421. The van der Waals surface area contributed by atoms with Gasteiger partial charge in [0.15, 0.2) is 0 Å². The molecule has 6 heteroatoms. The van der Waals surface area contributed by atoms with E-state index in [0.717, 1.165) is 31.6 Å². The Balaban J connectivity index is 2.15.